The number of rotatable bonds is 5. The minimum Gasteiger partial charge on any atom is -0.313 e. The predicted molar refractivity (Wildman–Crippen MR) is 69.3 cm³/mol. The number of nitrogens with one attached hydrogen (secondary N) is 1. The molecule has 3 atom stereocenters. The highest BCUT2D eigenvalue weighted by Crippen LogP contribution is 2.33. The summed E-state index contributed by atoms with van der Waals surface area (Å²) in [7, 11) is -2.99. The highest BCUT2D eigenvalue weighted by molar-refractivity contribution is 7.88. The van der Waals surface area contributed by atoms with E-state index in [1.807, 2.05) is 0 Å². The summed E-state index contributed by atoms with van der Waals surface area (Å²) < 4.78 is 24.6. The Morgan fingerprint density at radius 1 is 1.41 bits per heavy atom. The van der Waals surface area contributed by atoms with Crippen LogP contribution in [0.1, 0.15) is 32.6 Å². The van der Waals surface area contributed by atoms with E-state index < -0.39 is 10.0 Å². The molecule has 0 aromatic heterocycles. The van der Waals surface area contributed by atoms with Gasteiger partial charge in [0.05, 0.1) is 6.26 Å². The fourth-order valence-corrected chi connectivity index (χ4v) is 3.70. The van der Waals surface area contributed by atoms with Crippen LogP contribution in [-0.4, -0.2) is 44.7 Å². The van der Waals surface area contributed by atoms with Crippen LogP contribution in [0.5, 0.6) is 0 Å². The Labute approximate surface area is 105 Å². The second-order valence-electron chi connectivity index (χ2n) is 5.55. The number of nitrogens with zero attached hydrogens (tertiary/aromatic N) is 1. The first-order chi connectivity index (χ1) is 8.00. The van der Waals surface area contributed by atoms with Crippen molar-refractivity contribution in [3.63, 3.8) is 0 Å². The molecule has 1 N–H and O–H groups in total. The number of sulfonamides is 1. The van der Waals surface area contributed by atoms with Crippen LogP contribution in [0.4, 0.5) is 0 Å². The lowest BCUT2D eigenvalue weighted by Gasteiger charge is -2.31. The summed E-state index contributed by atoms with van der Waals surface area (Å²) in [5.74, 6) is 1.36. The first-order valence-electron chi connectivity index (χ1n) is 6.69. The van der Waals surface area contributed by atoms with Gasteiger partial charge < -0.3 is 5.32 Å². The van der Waals surface area contributed by atoms with Gasteiger partial charge in [0, 0.05) is 19.1 Å². The molecule has 0 spiro atoms. The van der Waals surface area contributed by atoms with Crippen LogP contribution in [0.2, 0.25) is 0 Å². The molecule has 0 radical (unpaired) electrons. The summed E-state index contributed by atoms with van der Waals surface area (Å²) in [4.78, 5) is 0. The van der Waals surface area contributed by atoms with E-state index in [0.29, 0.717) is 25.0 Å². The van der Waals surface area contributed by atoms with E-state index in [-0.39, 0.29) is 0 Å². The van der Waals surface area contributed by atoms with Crippen molar-refractivity contribution in [2.75, 3.05) is 25.9 Å². The Hall–Kier alpha value is -0.130. The van der Waals surface area contributed by atoms with Gasteiger partial charge >= 0.3 is 0 Å². The molecule has 4 nitrogen and oxygen atoms in total. The quantitative estimate of drug-likeness (QED) is 0.804. The Bertz CT molecular complexity index is 356. The third kappa shape index (κ3) is 3.66. The second kappa shape index (κ2) is 5.24. The van der Waals surface area contributed by atoms with Crippen molar-refractivity contribution in [2.24, 2.45) is 11.8 Å². The molecule has 1 saturated carbocycles. The second-order valence-corrected chi connectivity index (χ2v) is 7.53. The summed E-state index contributed by atoms with van der Waals surface area (Å²) in [6.07, 6.45) is 6.04. The van der Waals surface area contributed by atoms with Crippen molar-refractivity contribution in [3.8, 4) is 0 Å². The largest absolute Gasteiger partial charge is 0.313 e. The minimum atomic E-state index is -2.99. The molecule has 1 heterocycles. The van der Waals surface area contributed by atoms with Gasteiger partial charge in [-0.15, -0.1) is 0 Å². The van der Waals surface area contributed by atoms with Gasteiger partial charge in [0.15, 0.2) is 0 Å². The third-order valence-corrected chi connectivity index (χ3v) is 5.34. The molecule has 3 unspecified atom stereocenters. The lowest BCUT2D eigenvalue weighted by Crippen LogP contribution is -2.42. The molecule has 2 fully saturated rings. The predicted octanol–water partition coefficient (Wildman–Crippen LogP) is 1.05. The van der Waals surface area contributed by atoms with Crippen molar-refractivity contribution in [1.82, 2.24) is 9.62 Å². The summed E-state index contributed by atoms with van der Waals surface area (Å²) >= 11 is 0. The lowest BCUT2D eigenvalue weighted by molar-refractivity contribution is 0.260. The van der Waals surface area contributed by atoms with Crippen molar-refractivity contribution in [3.05, 3.63) is 0 Å². The molecule has 1 aliphatic carbocycles. The smallest absolute Gasteiger partial charge is 0.211 e. The van der Waals surface area contributed by atoms with Crippen LogP contribution in [0.15, 0.2) is 0 Å². The molecule has 0 aromatic carbocycles. The molecule has 1 saturated heterocycles. The monoisotopic (exact) mass is 260 g/mol. The van der Waals surface area contributed by atoms with Crippen LogP contribution in [0.3, 0.4) is 0 Å². The minimum absolute atomic E-state index is 0.497. The van der Waals surface area contributed by atoms with Crippen molar-refractivity contribution < 1.29 is 8.42 Å². The summed E-state index contributed by atoms with van der Waals surface area (Å²) in [6, 6.07) is 0.702. The fourth-order valence-electron chi connectivity index (χ4n) is 2.76. The van der Waals surface area contributed by atoms with Gasteiger partial charge in [-0.05, 0) is 37.6 Å². The van der Waals surface area contributed by atoms with Crippen molar-refractivity contribution >= 4 is 10.0 Å². The van der Waals surface area contributed by atoms with Gasteiger partial charge in [-0.2, -0.15) is 0 Å². The molecular formula is C12H24N2O2S. The molecule has 2 aliphatic rings. The zero-order valence-electron chi connectivity index (χ0n) is 10.9. The molecule has 5 heteroatoms. The van der Waals surface area contributed by atoms with Crippen LogP contribution >= 0.6 is 0 Å². The van der Waals surface area contributed by atoms with E-state index in [1.54, 1.807) is 4.31 Å². The van der Waals surface area contributed by atoms with E-state index in [1.165, 1.54) is 19.1 Å². The van der Waals surface area contributed by atoms with E-state index >= 15 is 0 Å². The average molecular weight is 260 g/mol. The lowest BCUT2D eigenvalue weighted by atomic mass is 10.00. The SMILES string of the molecule is CCC1CC1NCC1CCCN(S(C)(=O)=O)C1. The van der Waals surface area contributed by atoms with Gasteiger partial charge in [0.2, 0.25) is 10.0 Å². The highest BCUT2D eigenvalue weighted by atomic mass is 32.2. The molecule has 0 aromatic rings. The van der Waals surface area contributed by atoms with E-state index in [2.05, 4.69) is 12.2 Å². The normalized spacial score (nSPS) is 34.8. The van der Waals surface area contributed by atoms with Gasteiger partial charge in [-0.25, -0.2) is 12.7 Å². The van der Waals surface area contributed by atoms with Crippen LogP contribution in [0.25, 0.3) is 0 Å². The van der Waals surface area contributed by atoms with Crippen LogP contribution < -0.4 is 5.32 Å². The average Bonchev–Trinajstić information content (AvgIpc) is 3.04. The summed E-state index contributed by atoms with van der Waals surface area (Å²) in [5.41, 5.74) is 0. The Kier molecular flexibility index (Phi) is 4.10. The molecule has 1 aliphatic heterocycles. The van der Waals surface area contributed by atoms with E-state index in [0.717, 1.165) is 25.3 Å². The first-order valence-corrected chi connectivity index (χ1v) is 8.54. The first kappa shape index (κ1) is 13.3. The van der Waals surface area contributed by atoms with Crippen molar-refractivity contribution in [2.45, 2.75) is 38.6 Å². The Morgan fingerprint density at radius 3 is 2.76 bits per heavy atom. The fraction of sp³-hybridized carbons (Fsp3) is 1.00. The molecule has 0 bridgehead atoms. The number of hydrogen-bond acceptors (Lipinski definition) is 3. The standard InChI is InChI=1S/C12H24N2O2S/c1-3-11-7-12(11)13-8-10-5-4-6-14(9-10)17(2,15)16/h10-13H,3-9H2,1-2H3. The third-order valence-electron chi connectivity index (χ3n) is 4.07. The maximum absolute atomic E-state index is 11.5. The zero-order chi connectivity index (χ0) is 12.5. The van der Waals surface area contributed by atoms with Crippen molar-refractivity contribution in [1.29, 1.82) is 0 Å². The Balaban J connectivity index is 1.74. The van der Waals surface area contributed by atoms with Crippen LogP contribution in [-0.2, 0) is 10.0 Å². The zero-order valence-corrected chi connectivity index (χ0v) is 11.7. The molecular weight excluding hydrogens is 236 g/mol. The van der Waals surface area contributed by atoms with Crippen LogP contribution in [0, 0.1) is 11.8 Å². The molecule has 2 rings (SSSR count). The number of piperidine rings is 1. The maximum Gasteiger partial charge on any atom is 0.211 e. The van der Waals surface area contributed by atoms with E-state index in [4.69, 9.17) is 0 Å². The highest BCUT2D eigenvalue weighted by Gasteiger charge is 2.35. The summed E-state index contributed by atoms with van der Waals surface area (Å²) in [6.45, 7) is 4.62. The van der Waals surface area contributed by atoms with E-state index in [9.17, 15) is 8.42 Å². The number of hydrogen-bond donors (Lipinski definition) is 1. The van der Waals surface area contributed by atoms with Gasteiger partial charge in [0.25, 0.3) is 0 Å². The Morgan fingerprint density at radius 2 is 2.18 bits per heavy atom. The van der Waals surface area contributed by atoms with Gasteiger partial charge in [0.1, 0.15) is 0 Å². The maximum atomic E-state index is 11.5. The molecule has 100 valence electrons. The summed E-state index contributed by atoms with van der Waals surface area (Å²) in [5, 5.41) is 3.58. The van der Waals surface area contributed by atoms with Gasteiger partial charge in [-0.3, -0.25) is 0 Å². The molecule has 0 amide bonds. The topological polar surface area (TPSA) is 49.4 Å². The molecule has 17 heavy (non-hydrogen) atoms. The van der Waals surface area contributed by atoms with Gasteiger partial charge in [-0.1, -0.05) is 13.3 Å².